The second-order valence-corrected chi connectivity index (χ2v) is 6.05. The Morgan fingerprint density at radius 1 is 1.18 bits per heavy atom. The van der Waals surface area contributed by atoms with E-state index in [1.54, 1.807) is 6.20 Å². The molecule has 0 bridgehead atoms. The molecule has 1 aliphatic carbocycles. The average molecular weight is 293 g/mol. The van der Waals surface area contributed by atoms with E-state index in [4.69, 9.17) is 0 Å². The summed E-state index contributed by atoms with van der Waals surface area (Å²) in [4.78, 5) is 18.6. The molecule has 4 heteroatoms. The molecular weight excluding hydrogens is 274 g/mol. The monoisotopic (exact) mass is 293 g/mol. The zero-order valence-electron chi connectivity index (χ0n) is 12.5. The molecule has 0 radical (unpaired) electrons. The van der Waals surface area contributed by atoms with E-state index in [9.17, 15) is 4.79 Å². The van der Waals surface area contributed by atoms with Crippen molar-refractivity contribution in [3.05, 3.63) is 48.2 Å². The Bertz CT molecular complexity index is 692. The van der Waals surface area contributed by atoms with E-state index in [-0.39, 0.29) is 11.8 Å². The Balaban J connectivity index is 1.55. The summed E-state index contributed by atoms with van der Waals surface area (Å²) in [5.74, 6) is 1.28. The molecular formula is C18H19N3O. The standard InChI is InChI=1S/C18H19N3O/c22-18(14-7-8-14)20-15-9-10-17(19-12-15)21-11-3-5-13-4-1-2-6-16(13)21/h1-2,4,6,9-10,12,14H,3,5,7-8,11H2,(H,20,22). The third-order valence-corrected chi connectivity index (χ3v) is 4.35. The van der Waals surface area contributed by atoms with Crippen molar-refractivity contribution in [3.8, 4) is 0 Å². The van der Waals surface area contributed by atoms with Crippen LogP contribution in [-0.2, 0) is 11.2 Å². The number of anilines is 3. The van der Waals surface area contributed by atoms with Gasteiger partial charge >= 0.3 is 0 Å². The first-order chi connectivity index (χ1) is 10.8. The van der Waals surface area contributed by atoms with Crippen LogP contribution in [0.3, 0.4) is 0 Å². The minimum Gasteiger partial charge on any atom is -0.326 e. The van der Waals surface area contributed by atoms with Gasteiger partial charge in [-0.1, -0.05) is 18.2 Å². The van der Waals surface area contributed by atoms with Crippen LogP contribution in [0.25, 0.3) is 0 Å². The number of carbonyl (C=O) groups is 1. The van der Waals surface area contributed by atoms with Crippen molar-refractivity contribution in [2.24, 2.45) is 5.92 Å². The molecule has 22 heavy (non-hydrogen) atoms. The molecule has 1 saturated carbocycles. The molecule has 1 N–H and O–H groups in total. The third-order valence-electron chi connectivity index (χ3n) is 4.35. The molecule has 1 aliphatic heterocycles. The zero-order chi connectivity index (χ0) is 14.9. The summed E-state index contributed by atoms with van der Waals surface area (Å²) < 4.78 is 0. The van der Waals surface area contributed by atoms with Crippen molar-refractivity contribution in [2.45, 2.75) is 25.7 Å². The van der Waals surface area contributed by atoms with Gasteiger partial charge in [-0.05, 0) is 49.4 Å². The van der Waals surface area contributed by atoms with Crippen LogP contribution in [-0.4, -0.2) is 17.4 Å². The van der Waals surface area contributed by atoms with Gasteiger partial charge < -0.3 is 10.2 Å². The quantitative estimate of drug-likeness (QED) is 0.942. The molecule has 0 saturated heterocycles. The number of benzene rings is 1. The Morgan fingerprint density at radius 3 is 2.82 bits per heavy atom. The number of nitrogens with one attached hydrogen (secondary N) is 1. The number of hydrogen-bond acceptors (Lipinski definition) is 3. The molecule has 4 nitrogen and oxygen atoms in total. The van der Waals surface area contributed by atoms with Crippen molar-refractivity contribution >= 4 is 23.1 Å². The van der Waals surface area contributed by atoms with Gasteiger partial charge in [0.2, 0.25) is 5.91 Å². The number of pyridine rings is 1. The lowest BCUT2D eigenvalue weighted by molar-refractivity contribution is -0.117. The lowest BCUT2D eigenvalue weighted by atomic mass is 10.0. The summed E-state index contributed by atoms with van der Waals surface area (Å²) in [6, 6.07) is 12.4. The first kappa shape index (κ1) is 13.3. The summed E-state index contributed by atoms with van der Waals surface area (Å²) in [7, 11) is 0. The predicted octanol–water partition coefficient (Wildman–Crippen LogP) is 3.51. The normalized spacial score (nSPS) is 17.0. The van der Waals surface area contributed by atoms with E-state index in [0.717, 1.165) is 43.7 Å². The Hall–Kier alpha value is -2.36. The number of rotatable bonds is 3. The fourth-order valence-corrected chi connectivity index (χ4v) is 2.98. The van der Waals surface area contributed by atoms with Crippen molar-refractivity contribution < 1.29 is 4.79 Å². The smallest absolute Gasteiger partial charge is 0.227 e. The van der Waals surface area contributed by atoms with Crippen LogP contribution in [0.15, 0.2) is 42.6 Å². The third kappa shape index (κ3) is 2.56. The highest BCUT2D eigenvalue weighted by atomic mass is 16.2. The molecule has 1 amide bonds. The summed E-state index contributed by atoms with van der Waals surface area (Å²) >= 11 is 0. The van der Waals surface area contributed by atoms with Crippen molar-refractivity contribution in [1.29, 1.82) is 0 Å². The molecule has 2 heterocycles. The fourth-order valence-electron chi connectivity index (χ4n) is 2.98. The molecule has 112 valence electrons. The van der Waals surface area contributed by atoms with Gasteiger partial charge in [0.05, 0.1) is 11.9 Å². The molecule has 1 aromatic carbocycles. The first-order valence-electron chi connectivity index (χ1n) is 7.93. The van der Waals surface area contributed by atoms with Crippen LogP contribution in [0.1, 0.15) is 24.8 Å². The minimum absolute atomic E-state index is 0.123. The largest absolute Gasteiger partial charge is 0.326 e. The SMILES string of the molecule is O=C(Nc1ccc(N2CCCc3ccccc32)nc1)C1CC1. The Morgan fingerprint density at radius 2 is 2.05 bits per heavy atom. The number of carbonyl (C=O) groups excluding carboxylic acids is 1. The first-order valence-corrected chi connectivity index (χ1v) is 7.93. The van der Waals surface area contributed by atoms with E-state index in [1.807, 2.05) is 12.1 Å². The van der Waals surface area contributed by atoms with Crippen molar-refractivity contribution in [1.82, 2.24) is 4.98 Å². The van der Waals surface area contributed by atoms with E-state index in [1.165, 1.54) is 11.3 Å². The lowest BCUT2D eigenvalue weighted by Gasteiger charge is -2.30. The maximum absolute atomic E-state index is 11.8. The average Bonchev–Trinajstić information content (AvgIpc) is 3.40. The number of hydrogen-bond donors (Lipinski definition) is 1. The molecule has 4 rings (SSSR count). The maximum Gasteiger partial charge on any atom is 0.227 e. The molecule has 1 aromatic heterocycles. The number of nitrogens with zero attached hydrogens (tertiary/aromatic N) is 2. The van der Waals surface area contributed by atoms with Crippen LogP contribution in [0.2, 0.25) is 0 Å². The molecule has 2 aromatic rings. The van der Waals surface area contributed by atoms with E-state index < -0.39 is 0 Å². The van der Waals surface area contributed by atoms with Gasteiger partial charge in [-0.25, -0.2) is 4.98 Å². The highest BCUT2D eigenvalue weighted by Crippen LogP contribution is 2.33. The van der Waals surface area contributed by atoms with Gasteiger partial charge in [-0.15, -0.1) is 0 Å². The van der Waals surface area contributed by atoms with Gasteiger partial charge in [0.15, 0.2) is 0 Å². The van der Waals surface area contributed by atoms with Crippen LogP contribution >= 0.6 is 0 Å². The Kier molecular flexibility index (Phi) is 3.29. The highest BCUT2D eigenvalue weighted by Gasteiger charge is 2.29. The van der Waals surface area contributed by atoms with E-state index >= 15 is 0 Å². The van der Waals surface area contributed by atoms with Gasteiger partial charge in [0.1, 0.15) is 5.82 Å². The lowest BCUT2D eigenvalue weighted by Crippen LogP contribution is -2.25. The fraction of sp³-hybridized carbons (Fsp3) is 0.333. The van der Waals surface area contributed by atoms with Crippen LogP contribution in [0.4, 0.5) is 17.2 Å². The van der Waals surface area contributed by atoms with Gasteiger partial charge in [0.25, 0.3) is 0 Å². The maximum atomic E-state index is 11.8. The van der Waals surface area contributed by atoms with Crippen LogP contribution in [0.5, 0.6) is 0 Å². The highest BCUT2D eigenvalue weighted by molar-refractivity contribution is 5.94. The molecule has 0 atom stereocenters. The van der Waals surface area contributed by atoms with Gasteiger partial charge in [0, 0.05) is 18.2 Å². The van der Waals surface area contributed by atoms with Gasteiger partial charge in [-0.3, -0.25) is 4.79 Å². The summed E-state index contributed by atoms with van der Waals surface area (Å²) in [5.41, 5.74) is 3.41. The zero-order valence-corrected chi connectivity index (χ0v) is 12.5. The van der Waals surface area contributed by atoms with Crippen molar-refractivity contribution in [3.63, 3.8) is 0 Å². The number of para-hydroxylation sites is 1. The predicted molar refractivity (Wildman–Crippen MR) is 87.4 cm³/mol. The number of aryl methyl sites for hydroxylation is 1. The molecule has 1 fully saturated rings. The topological polar surface area (TPSA) is 45.2 Å². The summed E-state index contributed by atoms with van der Waals surface area (Å²) in [6.07, 6.45) is 6.05. The van der Waals surface area contributed by atoms with Gasteiger partial charge in [-0.2, -0.15) is 0 Å². The second-order valence-electron chi connectivity index (χ2n) is 6.05. The van der Waals surface area contributed by atoms with E-state index in [2.05, 4.69) is 39.5 Å². The second kappa shape index (κ2) is 5.44. The van der Waals surface area contributed by atoms with Crippen LogP contribution < -0.4 is 10.2 Å². The van der Waals surface area contributed by atoms with Crippen molar-refractivity contribution in [2.75, 3.05) is 16.8 Å². The minimum atomic E-state index is 0.123. The summed E-state index contributed by atoms with van der Waals surface area (Å²) in [6.45, 7) is 0.984. The molecule has 0 spiro atoms. The van der Waals surface area contributed by atoms with Crippen LogP contribution in [0, 0.1) is 5.92 Å². The number of amides is 1. The van der Waals surface area contributed by atoms with E-state index in [0.29, 0.717) is 0 Å². The number of aromatic nitrogens is 1. The molecule has 2 aliphatic rings. The Labute approximate surface area is 130 Å². The number of fused-ring (bicyclic) bond motifs is 1. The molecule has 0 unspecified atom stereocenters. The summed E-state index contributed by atoms with van der Waals surface area (Å²) in [5, 5.41) is 2.93.